The Bertz CT molecular complexity index is 1750. The Labute approximate surface area is 270 Å². The van der Waals surface area contributed by atoms with Gasteiger partial charge in [0.05, 0.1) is 5.76 Å². The Balaban J connectivity index is 0.000000286. The number of benzene rings is 3. The Morgan fingerprint density at radius 2 is 1.60 bits per heavy atom. The minimum Gasteiger partial charge on any atom is 0 e. The van der Waals surface area contributed by atoms with Gasteiger partial charge in [0.15, 0.2) is 5.78 Å². The van der Waals surface area contributed by atoms with Crippen LogP contribution < -0.4 is 0 Å². The molecule has 0 aliphatic rings. The van der Waals surface area contributed by atoms with Crippen LogP contribution in [0.5, 0.6) is 0 Å². The zero-order valence-electron chi connectivity index (χ0n) is 25.4. The molecular weight excluding hydrogens is 797 g/mol. The molecule has 5 rings (SSSR count). The second kappa shape index (κ2) is 15.3. The maximum Gasteiger partial charge on any atom is 0 e. The van der Waals surface area contributed by atoms with Gasteiger partial charge in [-0.2, -0.15) is 0 Å². The fraction of sp³-hybridized carbons (Fsp3) is 0.324. The number of rotatable bonds is 8. The van der Waals surface area contributed by atoms with Gasteiger partial charge in [-0.15, -0.1) is 0 Å². The molecule has 2 aromatic heterocycles. The first-order valence-corrected chi connectivity index (χ1v) is 15.9. The molecule has 0 fully saturated rings. The van der Waals surface area contributed by atoms with Crippen LogP contribution in [0, 0.1) is 17.9 Å². The van der Waals surface area contributed by atoms with Crippen molar-refractivity contribution in [2.24, 2.45) is 11.8 Å². The molecule has 5 aromatic rings. The molecule has 229 valence electrons. The summed E-state index contributed by atoms with van der Waals surface area (Å²) in [5.41, 5.74) is -0.689. The average molecular weight is 832 g/mol. The second-order valence-electron chi connectivity index (χ2n) is 10.1. The first kappa shape index (κ1) is 33.1. The Morgan fingerprint density at radius 3 is 2.23 bits per heavy atom. The predicted molar refractivity (Wildman–Crippen MR) is 165 cm³/mol. The fourth-order valence-corrected chi connectivity index (χ4v) is 7.20. The van der Waals surface area contributed by atoms with Crippen molar-refractivity contribution in [2.45, 2.75) is 59.6 Å². The number of allylic oxidation sites excluding steroid dienone is 2. The number of nitrogens with zero attached hydrogens (tertiary/aromatic N) is 2. The number of aromatic nitrogens is 2. The van der Waals surface area contributed by atoms with Crippen LogP contribution >= 0.6 is 0 Å². The molecule has 0 amide bonds. The summed E-state index contributed by atoms with van der Waals surface area (Å²) >= 11 is -0.144. The normalized spacial score (nSPS) is 12.4. The zero-order chi connectivity index (χ0) is 31.3. The van der Waals surface area contributed by atoms with Crippen molar-refractivity contribution < 1.29 is 44.5 Å². The summed E-state index contributed by atoms with van der Waals surface area (Å²) in [6.07, 6.45) is -0.118. The molecule has 3 aromatic carbocycles. The van der Waals surface area contributed by atoms with Crippen LogP contribution in [-0.2, 0) is 31.1 Å². The predicted octanol–water partition coefficient (Wildman–Crippen LogP) is 9.35. The van der Waals surface area contributed by atoms with Gasteiger partial charge >= 0.3 is 159 Å². The van der Waals surface area contributed by atoms with E-state index in [1.54, 1.807) is 24.3 Å². The van der Waals surface area contributed by atoms with Crippen molar-refractivity contribution in [1.29, 1.82) is 0 Å². The number of carbonyl (C=O) groups is 1. The molecule has 0 saturated carbocycles. The topological polar surface area (TPSA) is 63.1 Å². The molecule has 0 bridgehead atoms. The molecule has 0 aliphatic carbocycles. The number of hydrogen-bond donors (Lipinski definition) is 1. The monoisotopic (exact) mass is 833 g/mol. The Morgan fingerprint density at radius 1 is 0.977 bits per heavy atom. The minimum atomic E-state index is -4.60. The van der Waals surface area contributed by atoms with Gasteiger partial charge < -0.3 is 5.11 Å². The molecule has 1 N–H and O–H groups in total. The number of carbonyl (C=O) groups excluding carboxylic acids is 1. The third-order valence-corrected chi connectivity index (χ3v) is 9.78. The summed E-state index contributed by atoms with van der Waals surface area (Å²) in [6.45, 7) is 8.07. The van der Waals surface area contributed by atoms with E-state index in [4.69, 9.17) is 1.37 Å². The average Bonchev–Trinajstić information content (AvgIpc) is 3.41. The van der Waals surface area contributed by atoms with Crippen LogP contribution in [0.4, 0.5) is 13.2 Å². The molecule has 0 spiro atoms. The van der Waals surface area contributed by atoms with Crippen LogP contribution in [0.2, 0.25) is 0 Å². The van der Waals surface area contributed by atoms with Gasteiger partial charge in [-0.25, -0.2) is 0 Å². The smallest absolute Gasteiger partial charge is 0 e. The minimum absolute atomic E-state index is 0. The summed E-state index contributed by atoms with van der Waals surface area (Å²) in [5.74, 6) is 0.547. The van der Waals surface area contributed by atoms with Gasteiger partial charge in [0, 0.05) is 38.0 Å². The molecule has 0 unspecified atom stereocenters. The maximum atomic E-state index is 14.0. The van der Waals surface area contributed by atoms with E-state index < -0.39 is 18.0 Å². The van der Waals surface area contributed by atoms with Crippen LogP contribution in [0.3, 0.4) is 0 Å². The first-order valence-electron chi connectivity index (χ1n) is 14.6. The second-order valence-corrected chi connectivity index (χ2v) is 12.3. The number of aliphatic hydroxyl groups excluding tert-OH is 1. The summed E-state index contributed by atoms with van der Waals surface area (Å²) in [6, 6.07) is 19.0. The van der Waals surface area contributed by atoms with Gasteiger partial charge in [0.1, 0.15) is 0 Å². The molecule has 4 nitrogen and oxygen atoms in total. The molecule has 0 atom stereocenters. The van der Waals surface area contributed by atoms with E-state index in [0.717, 1.165) is 39.8 Å². The summed E-state index contributed by atoms with van der Waals surface area (Å²) in [4.78, 5) is 19.8. The largest absolute Gasteiger partial charge is 0 e. The molecule has 0 saturated heterocycles. The van der Waals surface area contributed by atoms with Crippen LogP contribution in [0.15, 0.2) is 72.7 Å². The van der Waals surface area contributed by atoms with Gasteiger partial charge in [-0.05, 0) is 25.7 Å². The number of hydrogen-bond acceptors (Lipinski definition) is 4. The van der Waals surface area contributed by atoms with Crippen molar-refractivity contribution >= 4 is 51.6 Å². The number of halogens is 3. The van der Waals surface area contributed by atoms with Crippen LogP contribution in [-0.4, -0.2) is 35.4 Å². The summed E-state index contributed by atoms with van der Waals surface area (Å²) in [5, 5.41) is 11.5. The van der Waals surface area contributed by atoms with E-state index in [2.05, 4.69) is 16.0 Å². The van der Waals surface area contributed by atoms with Crippen molar-refractivity contribution in [3.63, 3.8) is 0 Å². The number of fused-ring (bicyclic) bond motifs is 3. The van der Waals surface area contributed by atoms with Crippen molar-refractivity contribution in [3.05, 3.63) is 84.4 Å². The Hall–Kier alpha value is -2.83. The van der Waals surface area contributed by atoms with Crippen molar-refractivity contribution in [3.8, 4) is 10.1 Å². The van der Waals surface area contributed by atoms with Gasteiger partial charge in [0.2, 0.25) is 0 Å². The molecular formula is C34H34F3IrN2O2Se-. The van der Waals surface area contributed by atoms with Gasteiger partial charge in [0.25, 0.3) is 0 Å². The standard InChI is InChI=1S/C21H10F3N2Se.C13H24O2.Ir/c22-21(23,24)18-14-7-3-1-5-12(14)9-15-19(25-11-26-20(15)18)17-10-13-6-2-4-8-16(13)27-17;1-5-10(6-2)12(14)9-13(15)11(7-3)8-4;/h1-9,11H;9-11,14H,5-8H2,1-4H3;/q-1;;/b;12-9-;/i11D;;. The van der Waals surface area contributed by atoms with Crippen molar-refractivity contribution in [2.75, 3.05) is 0 Å². The molecule has 9 heteroatoms. The van der Waals surface area contributed by atoms with Gasteiger partial charge in [-0.1, -0.05) is 27.7 Å². The number of ketones is 1. The van der Waals surface area contributed by atoms with E-state index in [-0.39, 0.29) is 68.9 Å². The third kappa shape index (κ3) is 7.82. The SMILES string of the molecule is CCC(CC)C(=O)/C=C(\O)C(CC)CC.[2H]c1nc(-c2[c-]c3ccccc3[se]2)c2cc3ccccc3c(C(F)(F)F)c2n1.[Ir]. The van der Waals surface area contributed by atoms with Crippen LogP contribution in [0.1, 0.15) is 60.3 Å². The van der Waals surface area contributed by atoms with E-state index in [1.807, 2.05) is 52.0 Å². The first-order chi connectivity index (χ1) is 20.5. The molecule has 2 heterocycles. The van der Waals surface area contributed by atoms with Crippen LogP contribution in [0.25, 0.3) is 41.5 Å². The van der Waals surface area contributed by atoms with E-state index in [9.17, 15) is 23.1 Å². The summed E-state index contributed by atoms with van der Waals surface area (Å²) < 4.78 is 51.6. The molecule has 43 heavy (non-hydrogen) atoms. The third-order valence-electron chi connectivity index (χ3n) is 7.53. The quantitative estimate of drug-likeness (QED) is 0.0557. The van der Waals surface area contributed by atoms with Crippen molar-refractivity contribution in [1.82, 2.24) is 9.97 Å². The Kier molecular flexibility index (Phi) is 11.7. The fourth-order valence-electron chi connectivity index (χ4n) is 5.08. The molecule has 0 aliphatic heterocycles. The summed E-state index contributed by atoms with van der Waals surface area (Å²) in [7, 11) is 0. The zero-order valence-corrected chi connectivity index (χ0v) is 28.5. The van der Waals surface area contributed by atoms with E-state index >= 15 is 0 Å². The number of alkyl halides is 3. The maximum absolute atomic E-state index is 14.0. The molecule has 1 radical (unpaired) electrons. The van der Waals surface area contributed by atoms with E-state index in [0.29, 0.717) is 16.5 Å². The van der Waals surface area contributed by atoms with Gasteiger partial charge in [-0.3, -0.25) is 4.79 Å². The van der Waals surface area contributed by atoms with E-state index in [1.165, 1.54) is 12.1 Å². The number of aliphatic hydroxyl groups is 1.